The predicted octanol–water partition coefficient (Wildman–Crippen LogP) is 1.58. The molecule has 2 N–H and O–H groups in total. The van der Waals surface area contributed by atoms with E-state index in [1.165, 1.54) is 31.4 Å². The van der Waals surface area contributed by atoms with Crippen LogP contribution in [0.1, 0.15) is 43.5 Å². The number of piperidine rings is 1. The summed E-state index contributed by atoms with van der Waals surface area (Å²) in [5, 5.41) is 0. The summed E-state index contributed by atoms with van der Waals surface area (Å²) in [5.74, 6) is 0.639. The van der Waals surface area contributed by atoms with E-state index in [1.54, 1.807) is 7.11 Å². The van der Waals surface area contributed by atoms with Gasteiger partial charge in [-0.1, -0.05) is 0 Å². The van der Waals surface area contributed by atoms with E-state index in [4.69, 9.17) is 10.5 Å². The summed E-state index contributed by atoms with van der Waals surface area (Å²) >= 11 is 0. The maximum atomic E-state index is 6.09. The summed E-state index contributed by atoms with van der Waals surface area (Å²) in [7, 11) is 1.79. The molecule has 0 spiro atoms. The molecule has 5 nitrogen and oxygen atoms in total. The lowest BCUT2D eigenvalue weighted by atomic mass is 9.96. The molecule has 3 rings (SSSR count). The van der Waals surface area contributed by atoms with Gasteiger partial charge in [-0.15, -0.1) is 0 Å². The zero-order valence-corrected chi connectivity index (χ0v) is 12.4. The average Bonchev–Trinajstić information content (AvgIpc) is 3.20. The van der Waals surface area contributed by atoms with Gasteiger partial charge in [-0.25, -0.2) is 4.98 Å². The highest BCUT2D eigenvalue weighted by atomic mass is 16.5. The Morgan fingerprint density at radius 3 is 3.00 bits per heavy atom. The zero-order valence-electron chi connectivity index (χ0n) is 12.4. The largest absolute Gasteiger partial charge is 0.384 e. The quantitative estimate of drug-likeness (QED) is 0.858. The van der Waals surface area contributed by atoms with Crippen LogP contribution in [0, 0.1) is 5.92 Å². The van der Waals surface area contributed by atoms with Crippen LogP contribution in [0.25, 0.3) is 0 Å². The lowest BCUT2D eigenvalue weighted by Gasteiger charge is -2.38. The lowest BCUT2D eigenvalue weighted by Crippen LogP contribution is -2.42. The van der Waals surface area contributed by atoms with Crippen molar-refractivity contribution in [1.82, 2.24) is 14.5 Å². The number of aromatic nitrogens is 2. The molecule has 1 aromatic rings. The van der Waals surface area contributed by atoms with Crippen molar-refractivity contribution in [3.05, 3.63) is 18.2 Å². The summed E-state index contributed by atoms with van der Waals surface area (Å²) in [5.41, 5.74) is 7.39. The summed E-state index contributed by atoms with van der Waals surface area (Å²) in [4.78, 5) is 6.89. The molecule has 5 heteroatoms. The Kier molecular flexibility index (Phi) is 4.38. The van der Waals surface area contributed by atoms with Crippen LogP contribution < -0.4 is 5.73 Å². The topological polar surface area (TPSA) is 56.3 Å². The van der Waals surface area contributed by atoms with E-state index in [0.717, 1.165) is 19.7 Å². The third-order valence-electron chi connectivity index (χ3n) is 4.59. The van der Waals surface area contributed by atoms with Crippen LogP contribution in [-0.4, -0.2) is 47.8 Å². The summed E-state index contributed by atoms with van der Waals surface area (Å²) in [6.45, 7) is 3.75. The molecule has 2 fully saturated rings. The maximum Gasteiger partial charge on any atom is 0.0951 e. The molecule has 2 unspecified atom stereocenters. The van der Waals surface area contributed by atoms with Gasteiger partial charge in [0.15, 0.2) is 0 Å². The second kappa shape index (κ2) is 6.24. The second-order valence-corrected chi connectivity index (χ2v) is 6.17. The first-order chi connectivity index (χ1) is 9.83. The second-order valence-electron chi connectivity index (χ2n) is 6.17. The minimum Gasteiger partial charge on any atom is -0.384 e. The molecule has 1 aliphatic heterocycles. The van der Waals surface area contributed by atoms with Crippen molar-refractivity contribution in [3.63, 3.8) is 0 Å². The van der Waals surface area contributed by atoms with Gasteiger partial charge < -0.3 is 15.0 Å². The molecule has 1 saturated carbocycles. The molecule has 1 aromatic heterocycles. The number of ether oxygens (including phenoxy) is 1. The molecule has 0 amide bonds. The Morgan fingerprint density at radius 1 is 1.45 bits per heavy atom. The van der Waals surface area contributed by atoms with Gasteiger partial charge in [-0.2, -0.15) is 0 Å². The van der Waals surface area contributed by atoms with Crippen LogP contribution in [-0.2, 0) is 4.74 Å². The molecule has 1 aliphatic carbocycles. The number of likely N-dealkylation sites (tertiary alicyclic amines) is 1. The maximum absolute atomic E-state index is 6.09. The van der Waals surface area contributed by atoms with Crippen molar-refractivity contribution in [2.75, 3.05) is 33.4 Å². The number of nitrogens with two attached hydrogens (primary N) is 1. The van der Waals surface area contributed by atoms with Gasteiger partial charge in [0.2, 0.25) is 0 Å². The molecule has 0 radical (unpaired) electrons. The highest BCUT2D eigenvalue weighted by molar-refractivity contribution is 5.10. The molecule has 0 aromatic carbocycles. The normalized spacial score (nSPS) is 25.8. The van der Waals surface area contributed by atoms with E-state index in [0.29, 0.717) is 24.5 Å². The van der Waals surface area contributed by atoms with Crippen LogP contribution in [0.15, 0.2) is 12.5 Å². The smallest absolute Gasteiger partial charge is 0.0951 e. The van der Waals surface area contributed by atoms with E-state index in [2.05, 4.69) is 14.5 Å². The fraction of sp³-hybridized carbons (Fsp3) is 0.800. The van der Waals surface area contributed by atoms with Gasteiger partial charge in [0, 0.05) is 32.4 Å². The SMILES string of the molecule is COCC1CCCN(C(CN)c2cncn2C2CC2)C1. The van der Waals surface area contributed by atoms with Crippen LogP contribution >= 0.6 is 0 Å². The summed E-state index contributed by atoms with van der Waals surface area (Å²) < 4.78 is 7.67. The predicted molar refractivity (Wildman–Crippen MR) is 78.5 cm³/mol. The molecule has 2 atom stereocenters. The van der Waals surface area contributed by atoms with Crippen molar-refractivity contribution in [2.45, 2.75) is 37.8 Å². The number of rotatable bonds is 6. The summed E-state index contributed by atoms with van der Waals surface area (Å²) in [6.07, 6.45) is 9.06. The molecular weight excluding hydrogens is 252 g/mol. The minimum atomic E-state index is 0.303. The molecule has 0 bridgehead atoms. The van der Waals surface area contributed by atoms with E-state index in [-0.39, 0.29) is 0 Å². The fourth-order valence-electron chi connectivity index (χ4n) is 3.44. The van der Waals surface area contributed by atoms with Crippen molar-refractivity contribution in [3.8, 4) is 0 Å². The van der Waals surface area contributed by atoms with Crippen molar-refractivity contribution >= 4 is 0 Å². The first kappa shape index (κ1) is 14.0. The average molecular weight is 278 g/mol. The highest BCUT2D eigenvalue weighted by Gasteiger charge is 2.31. The van der Waals surface area contributed by atoms with Crippen LogP contribution in [0.4, 0.5) is 0 Å². The van der Waals surface area contributed by atoms with Gasteiger partial charge in [0.1, 0.15) is 0 Å². The Morgan fingerprint density at radius 2 is 2.30 bits per heavy atom. The molecule has 1 saturated heterocycles. The Bertz CT molecular complexity index is 427. The van der Waals surface area contributed by atoms with E-state index >= 15 is 0 Å². The number of hydrogen-bond acceptors (Lipinski definition) is 4. The van der Waals surface area contributed by atoms with Crippen LogP contribution in [0.3, 0.4) is 0 Å². The van der Waals surface area contributed by atoms with Crippen molar-refractivity contribution < 1.29 is 4.74 Å². The van der Waals surface area contributed by atoms with Gasteiger partial charge in [-0.3, -0.25) is 4.90 Å². The minimum absolute atomic E-state index is 0.303. The van der Waals surface area contributed by atoms with Gasteiger partial charge in [0.05, 0.1) is 24.7 Å². The standard InChI is InChI=1S/C15H26N4O/c1-20-10-12-3-2-6-18(9-12)14(7-16)15-8-17-11-19(15)13-4-5-13/h8,11-14H,2-7,9-10,16H2,1H3. The molecule has 2 heterocycles. The van der Waals surface area contributed by atoms with Crippen LogP contribution in [0.5, 0.6) is 0 Å². The lowest BCUT2D eigenvalue weighted by molar-refractivity contribution is 0.0677. The van der Waals surface area contributed by atoms with E-state index in [9.17, 15) is 0 Å². The molecule has 2 aliphatic rings. The first-order valence-corrected chi connectivity index (χ1v) is 7.78. The number of imidazole rings is 1. The Labute approximate surface area is 121 Å². The van der Waals surface area contributed by atoms with Crippen molar-refractivity contribution in [2.24, 2.45) is 11.7 Å². The van der Waals surface area contributed by atoms with Crippen LogP contribution in [0.2, 0.25) is 0 Å². The zero-order chi connectivity index (χ0) is 13.9. The van der Waals surface area contributed by atoms with Gasteiger partial charge in [0.25, 0.3) is 0 Å². The van der Waals surface area contributed by atoms with E-state index in [1.807, 2.05) is 12.5 Å². The van der Waals surface area contributed by atoms with Gasteiger partial charge in [-0.05, 0) is 38.1 Å². The number of nitrogens with zero attached hydrogens (tertiary/aromatic N) is 3. The molecule has 20 heavy (non-hydrogen) atoms. The summed E-state index contributed by atoms with van der Waals surface area (Å²) in [6, 6.07) is 0.971. The van der Waals surface area contributed by atoms with Crippen molar-refractivity contribution in [1.29, 1.82) is 0 Å². The molecule has 112 valence electrons. The fourth-order valence-corrected chi connectivity index (χ4v) is 3.44. The highest BCUT2D eigenvalue weighted by Crippen LogP contribution is 2.38. The monoisotopic (exact) mass is 278 g/mol. The number of hydrogen-bond donors (Lipinski definition) is 1. The Balaban J connectivity index is 1.73. The third kappa shape index (κ3) is 2.90. The first-order valence-electron chi connectivity index (χ1n) is 7.78. The number of methoxy groups -OCH3 is 1. The Hall–Kier alpha value is -0.910. The third-order valence-corrected chi connectivity index (χ3v) is 4.59. The van der Waals surface area contributed by atoms with Gasteiger partial charge >= 0.3 is 0 Å². The van der Waals surface area contributed by atoms with E-state index < -0.39 is 0 Å². The molecular formula is C15H26N4O.